The topological polar surface area (TPSA) is 38.7 Å². The maximum atomic E-state index is 9.50. The van der Waals surface area contributed by atoms with E-state index in [4.69, 9.17) is 9.47 Å². The van der Waals surface area contributed by atoms with E-state index in [2.05, 4.69) is 6.58 Å². The zero-order chi connectivity index (χ0) is 10.6. The Hall–Kier alpha value is -1.48. The first-order valence-corrected chi connectivity index (χ1v) is 4.25. The van der Waals surface area contributed by atoms with Crippen LogP contribution in [-0.2, 0) is 0 Å². The van der Waals surface area contributed by atoms with Gasteiger partial charge in [-0.1, -0.05) is 12.1 Å². The van der Waals surface area contributed by atoms with E-state index in [1.165, 1.54) is 6.08 Å². The van der Waals surface area contributed by atoms with Crippen LogP contribution in [0, 0.1) is 0 Å². The molecule has 3 heteroatoms. The molecule has 76 valence electrons. The summed E-state index contributed by atoms with van der Waals surface area (Å²) in [4.78, 5) is 0. The first-order chi connectivity index (χ1) is 6.72. The number of aliphatic hydroxyl groups excluding tert-OH is 1. The van der Waals surface area contributed by atoms with Gasteiger partial charge >= 0.3 is 0 Å². The standard InChI is InChI=1S/C11H14O3/c1-4-9(12)8-5-6-10(13-2)11(7-8)14-3/h4-7,9,12H,1H2,2-3H3. The van der Waals surface area contributed by atoms with E-state index < -0.39 is 6.10 Å². The van der Waals surface area contributed by atoms with E-state index in [1.54, 1.807) is 32.4 Å². The second kappa shape index (κ2) is 4.67. The normalized spacial score (nSPS) is 11.9. The third-order valence-corrected chi connectivity index (χ3v) is 1.97. The molecule has 0 heterocycles. The minimum Gasteiger partial charge on any atom is -0.493 e. The highest BCUT2D eigenvalue weighted by atomic mass is 16.5. The van der Waals surface area contributed by atoms with Crippen LogP contribution in [-0.4, -0.2) is 19.3 Å². The molecule has 14 heavy (non-hydrogen) atoms. The Balaban J connectivity index is 3.06. The third kappa shape index (κ3) is 2.06. The van der Waals surface area contributed by atoms with E-state index in [0.29, 0.717) is 11.5 Å². The fourth-order valence-electron chi connectivity index (χ4n) is 1.17. The predicted octanol–water partition coefficient (Wildman–Crippen LogP) is 1.92. The SMILES string of the molecule is C=CC(O)c1ccc(OC)c(OC)c1. The summed E-state index contributed by atoms with van der Waals surface area (Å²) in [6, 6.07) is 5.25. The number of hydrogen-bond acceptors (Lipinski definition) is 3. The summed E-state index contributed by atoms with van der Waals surface area (Å²) in [6.45, 7) is 3.51. The average Bonchev–Trinajstić information content (AvgIpc) is 2.26. The van der Waals surface area contributed by atoms with Crippen LogP contribution in [0.5, 0.6) is 11.5 Å². The van der Waals surface area contributed by atoms with E-state index >= 15 is 0 Å². The van der Waals surface area contributed by atoms with Crippen molar-refractivity contribution in [3.05, 3.63) is 36.4 Å². The van der Waals surface area contributed by atoms with Gasteiger partial charge in [-0.3, -0.25) is 0 Å². The smallest absolute Gasteiger partial charge is 0.161 e. The summed E-state index contributed by atoms with van der Waals surface area (Å²) in [7, 11) is 3.13. The zero-order valence-corrected chi connectivity index (χ0v) is 8.36. The van der Waals surface area contributed by atoms with E-state index in [1.807, 2.05) is 0 Å². The van der Waals surface area contributed by atoms with Crippen LogP contribution in [0.15, 0.2) is 30.9 Å². The number of rotatable bonds is 4. The second-order valence-corrected chi connectivity index (χ2v) is 2.79. The van der Waals surface area contributed by atoms with E-state index in [0.717, 1.165) is 5.56 Å². The molecule has 1 rings (SSSR count). The number of hydrogen-bond donors (Lipinski definition) is 1. The summed E-state index contributed by atoms with van der Waals surface area (Å²) >= 11 is 0. The van der Waals surface area contributed by atoms with Gasteiger partial charge in [-0.05, 0) is 17.7 Å². The van der Waals surface area contributed by atoms with Crippen molar-refractivity contribution in [3.63, 3.8) is 0 Å². The van der Waals surface area contributed by atoms with E-state index in [9.17, 15) is 5.11 Å². The lowest BCUT2D eigenvalue weighted by atomic mass is 10.1. The molecule has 1 aromatic rings. The van der Waals surface area contributed by atoms with Gasteiger partial charge in [-0.15, -0.1) is 6.58 Å². The van der Waals surface area contributed by atoms with Gasteiger partial charge in [0.2, 0.25) is 0 Å². The fraction of sp³-hybridized carbons (Fsp3) is 0.273. The number of aliphatic hydroxyl groups is 1. The monoisotopic (exact) mass is 194 g/mol. The van der Waals surface area contributed by atoms with Crippen LogP contribution in [0.25, 0.3) is 0 Å². The second-order valence-electron chi connectivity index (χ2n) is 2.79. The fourth-order valence-corrected chi connectivity index (χ4v) is 1.17. The van der Waals surface area contributed by atoms with E-state index in [-0.39, 0.29) is 0 Å². The summed E-state index contributed by atoms with van der Waals surface area (Å²) in [5.41, 5.74) is 0.734. The van der Waals surface area contributed by atoms with Crippen molar-refractivity contribution < 1.29 is 14.6 Å². The number of ether oxygens (including phenoxy) is 2. The predicted molar refractivity (Wildman–Crippen MR) is 54.7 cm³/mol. The van der Waals surface area contributed by atoms with Crippen LogP contribution in [0.4, 0.5) is 0 Å². The molecule has 1 aromatic carbocycles. The Kier molecular flexibility index (Phi) is 3.54. The first kappa shape index (κ1) is 10.6. The van der Waals surface area contributed by atoms with Gasteiger partial charge in [0.25, 0.3) is 0 Å². The number of methoxy groups -OCH3 is 2. The zero-order valence-electron chi connectivity index (χ0n) is 8.36. The van der Waals surface area contributed by atoms with Gasteiger partial charge in [-0.2, -0.15) is 0 Å². The molecular weight excluding hydrogens is 180 g/mol. The van der Waals surface area contributed by atoms with Crippen LogP contribution in [0.1, 0.15) is 11.7 Å². The highest BCUT2D eigenvalue weighted by Crippen LogP contribution is 2.29. The van der Waals surface area contributed by atoms with Crippen molar-refractivity contribution in [3.8, 4) is 11.5 Å². The Morgan fingerprint density at radius 1 is 1.29 bits per heavy atom. The third-order valence-electron chi connectivity index (χ3n) is 1.97. The molecule has 0 aliphatic heterocycles. The van der Waals surface area contributed by atoms with Crippen molar-refractivity contribution in [2.45, 2.75) is 6.10 Å². The highest BCUT2D eigenvalue weighted by Gasteiger charge is 2.08. The van der Waals surface area contributed by atoms with Gasteiger partial charge in [-0.25, -0.2) is 0 Å². The summed E-state index contributed by atoms with van der Waals surface area (Å²) in [5.74, 6) is 1.25. The lowest BCUT2D eigenvalue weighted by Gasteiger charge is -2.11. The molecule has 0 spiro atoms. The van der Waals surface area contributed by atoms with Crippen molar-refractivity contribution in [2.24, 2.45) is 0 Å². The Morgan fingerprint density at radius 3 is 2.43 bits per heavy atom. The molecule has 0 fully saturated rings. The summed E-state index contributed by atoms with van der Waals surface area (Å²) < 4.78 is 10.2. The molecule has 0 aliphatic rings. The molecule has 1 atom stereocenters. The maximum Gasteiger partial charge on any atom is 0.161 e. The number of benzene rings is 1. The largest absolute Gasteiger partial charge is 0.493 e. The van der Waals surface area contributed by atoms with Gasteiger partial charge in [0, 0.05) is 0 Å². The van der Waals surface area contributed by atoms with Gasteiger partial charge < -0.3 is 14.6 Å². The molecule has 0 saturated carbocycles. The van der Waals surface area contributed by atoms with Crippen LogP contribution in [0.3, 0.4) is 0 Å². The van der Waals surface area contributed by atoms with Crippen molar-refractivity contribution in [1.82, 2.24) is 0 Å². The maximum absolute atomic E-state index is 9.50. The average molecular weight is 194 g/mol. The first-order valence-electron chi connectivity index (χ1n) is 4.25. The molecule has 0 aromatic heterocycles. The van der Waals surface area contributed by atoms with Crippen LogP contribution < -0.4 is 9.47 Å². The van der Waals surface area contributed by atoms with Gasteiger partial charge in [0.1, 0.15) is 0 Å². The Morgan fingerprint density at radius 2 is 1.93 bits per heavy atom. The molecule has 0 amide bonds. The van der Waals surface area contributed by atoms with Crippen LogP contribution >= 0.6 is 0 Å². The molecule has 1 unspecified atom stereocenters. The minimum atomic E-state index is -0.671. The lowest BCUT2D eigenvalue weighted by Crippen LogP contribution is -1.96. The quantitative estimate of drug-likeness (QED) is 0.744. The molecule has 0 aliphatic carbocycles. The molecule has 3 nitrogen and oxygen atoms in total. The van der Waals surface area contributed by atoms with Crippen molar-refractivity contribution in [1.29, 1.82) is 0 Å². The lowest BCUT2D eigenvalue weighted by molar-refractivity contribution is 0.228. The van der Waals surface area contributed by atoms with Crippen molar-refractivity contribution >= 4 is 0 Å². The van der Waals surface area contributed by atoms with Crippen molar-refractivity contribution in [2.75, 3.05) is 14.2 Å². The molecule has 0 saturated heterocycles. The Bertz CT molecular complexity index is 320. The summed E-state index contributed by atoms with van der Waals surface area (Å²) in [5, 5.41) is 9.50. The Labute approximate surface area is 83.6 Å². The summed E-state index contributed by atoms with van der Waals surface area (Å²) in [6.07, 6.45) is 0.788. The van der Waals surface area contributed by atoms with Gasteiger partial charge in [0.15, 0.2) is 11.5 Å². The van der Waals surface area contributed by atoms with Crippen LogP contribution in [0.2, 0.25) is 0 Å². The van der Waals surface area contributed by atoms with Gasteiger partial charge in [0.05, 0.1) is 20.3 Å². The molecule has 1 N–H and O–H groups in total. The molecular formula is C11H14O3. The minimum absolute atomic E-state index is 0.603. The highest BCUT2D eigenvalue weighted by molar-refractivity contribution is 5.44. The molecule has 0 bridgehead atoms. The molecule has 0 radical (unpaired) electrons.